The molecule has 11 nitrogen and oxygen atoms in total. The zero-order valence-corrected chi connectivity index (χ0v) is 28.9. The molecule has 13 heteroatoms. The van der Waals surface area contributed by atoms with Crippen molar-refractivity contribution in [3.05, 3.63) is 121 Å². The molecule has 0 aliphatic rings. The monoisotopic (exact) mass is 720 g/mol. The van der Waals surface area contributed by atoms with Gasteiger partial charge in [-0.2, -0.15) is 0 Å². The van der Waals surface area contributed by atoms with Crippen molar-refractivity contribution in [1.29, 1.82) is 0 Å². The van der Waals surface area contributed by atoms with E-state index >= 15 is 0 Å². The van der Waals surface area contributed by atoms with Crippen LogP contribution in [0.3, 0.4) is 0 Å². The summed E-state index contributed by atoms with van der Waals surface area (Å²) in [6, 6.07) is 27.6. The van der Waals surface area contributed by atoms with Crippen molar-refractivity contribution in [2.75, 3.05) is 0 Å². The first kappa shape index (κ1) is 29.7. The molecule has 0 aliphatic heterocycles. The number of hydrogen-bond donors (Lipinski definition) is 0. The van der Waals surface area contributed by atoms with Crippen LogP contribution in [0.15, 0.2) is 126 Å². The fourth-order valence-electron chi connectivity index (χ4n) is 6.66. The molecule has 0 atom stereocenters. The number of pyridine rings is 5. The van der Waals surface area contributed by atoms with Gasteiger partial charge in [0, 0.05) is 57.8 Å². The molecule has 0 N–H and O–H groups in total. The molecule has 11 aromatic rings. The smallest absolute Gasteiger partial charge is 0.258 e. The summed E-state index contributed by atoms with van der Waals surface area (Å²) in [4.78, 5) is 49.0. The van der Waals surface area contributed by atoms with E-state index in [0.29, 0.717) is 50.2 Å². The number of para-hydroxylation sites is 1. The van der Waals surface area contributed by atoms with E-state index in [0.717, 1.165) is 59.6 Å². The number of oxazole rings is 1. The molecular formula is C40H20N10OS2. The Balaban J connectivity index is 1.34. The van der Waals surface area contributed by atoms with Gasteiger partial charge in [0.1, 0.15) is 16.0 Å². The summed E-state index contributed by atoms with van der Waals surface area (Å²) in [7, 11) is 0. The highest BCUT2D eigenvalue weighted by Crippen LogP contribution is 2.52. The lowest BCUT2D eigenvalue weighted by atomic mass is 9.89. The molecule has 9 aromatic heterocycles. The Hall–Kier alpha value is -6.96. The first-order valence-corrected chi connectivity index (χ1v) is 18.2. The predicted molar refractivity (Wildman–Crippen MR) is 207 cm³/mol. The van der Waals surface area contributed by atoms with E-state index < -0.39 is 0 Å². The largest absolute Gasteiger partial charge is 0.415 e. The standard InChI is InChI=1S/C40H20N10OS2/c1-2-7-22-21(6-1)11-12-26(46-22)30-31(27-14-13-23-24(47-27)8-3-15-41-23)35-34(50-40(53-35)38-49-28-10-5-17-43-37(28)51-38)33(39-44-18-19-52-39)32(30)36-45-20-29-25(48-36)9-4-16-42-29/h1-20H. The van der Waals surface area contributed by atoms with Crippen LogP contribution < -0.4 is 0 Å². The molecule has 0 radical (unpaired) electrons. The molecule has 53 heavy (non-hydrogen) atoms. The van der Waals surface area contributed by atoms with Gasteiger partial charge in [0.25, 0.3) is 5.89 Å². The van der Waals surface area contributed by atoms with Gasteiger partial charge in [0.2, 0.25) is 5.71 Å². The summed E-state index contributed by atoms with van der Waals surface area (Å²) < 4.78 is 7.04. The minimum Gasteiger partial charge on any atom is -0.415 e. The zero-order chi connectivity index (χ0) is 34.9. The molecule has 0 bridgehead atoms. The Morgan fingerprint density at radius 2 is 1.23 bits per heavy atom. The van der Waals surface area contributed by atoms with Gasteiger partial charge >= 0.3 is 0 Å². The Kier molecular flexibility index (Phi) is 6.62. The third-order valence-corrected chi connectivity index (χ3v) is 10.8. The summed E-state index contributed by atoms with van der Waals surface area (Å²) in [6.45, 7) is 0. The second kappa shape index (κ2) is 11.8. The van der Waals surface area contributed by atoms with Gasteiger partial charge in [-0.1, -0.05) is 24.3 Å². The van der Waals surface area contributed by atoms with Gasteiger partial charge in [-0.25, -0.2) is 39.9 Å². The van der Waals surface area contributed by atoms with Gasteiger partial charge in [0.15, 0.2) is 10.8 Å². The Morgan fingerprint density at radius 3 is 2.09 bits per heavy atom. The number of thiazole rings is 2. The highest BCUT2D eigenvalue weighted by atomic mass is 32.1. The van der Waals surface area contributed by atoms with Crippen LogP contribution in [0.1, 0.15) is 0 Å². The second-order valence-corrected chi connectivity index (χ2v) is 14.0. The molecule has 248 valence electrons. The first-order valence-electron chi connectivity index (χ1n) is 16.5. The van der Waals surface area contributed by atoms with Crippen molar-refractivity contribution in [1.82, 2.24) is 49.8 Å². The van der Waals surface area contributed by atoms with E-state index in [1.807, 2.05) is 78.2 Å². The molecule has 0 saturated heterocycles. The summed E-state index contributed by atoms with van der Waals surface area (Å²) in [5.41, 5.74) is 10.1. The van der Waals surface area contributed by atoms with Gasteiger partial charge < -0.3 is 4.42 Å². The maximum atomic E-state index is 6.19. The topological polar surface area (TPSA) is 142 Å². The van der Waals surface area contributed by atoms with Gasteiger partial charge in [-0.05, 0) is 60.7 Å². The summed E-state index contributed by atoms with van der Waals surface area (Å²) in [5, 5.41) is 4.31. The van der Waals surface area contributed by atoms with E-state index in [4.69, 9.17) is 39.3 Å². The average molecular weight is 721 g/mol. The lowest BCUT2D eigenvalue weighted by Gasteiger charge is -2.19. The maximum Gasteiger partial charge on any atom is 0.258 e. The number of benzene rings is 2. The van der Waals surface area contributed by atoms with Crippen molar-refractivity contribution in [3.8, 4) is 55.4 Å². The predicted octanol–water partition coefficient (Wildman–Crippen LogP) is 9.45. The van der Waals surface area contributed by atoms with E-state index in [-0.39, 0.29) is 0 Å². The SMILES string of the molecule is c1ccc2nc(-c3c(-c4ncc5ncccc5n4)c(-c4nccs4)c4nc(-c5nc6cccnc6o5)sc4c3-c3ccc4ncccc4n3)ccc2c1. The summed E-state index contributed by atoms with van der Waals surface area (Å²) >= 11 is 2.98. The fraction of sp³-hybridized carbons (Fsp3) is 0. The molecule has 0 saturated carbocycles. The van der Waals surface area contributed by atoms with Crippen molar-refractivity contribution in [2.45, 2.75) is 0 Å². The zero-order valence-electron chi connectivity index (χ0n) is 27.2. The van der Waals surface area contributed by atoms with Gasteiger partial charge in [-0.15, -0.1) is 22.7 Å². The quantitative estimate of drug-likeness (QED) is 0.168. The summed E-state index contributed by atoms with van der Waals surface area (Å²) in [6.07, 6.45) is 8.73. The van der Waals surface area contributed by atoms with Crippen LogP contribution in [-0.4, -0.2) is 49.8 Å². The normalized spacial score (nSPS) is 11.8. The highest BCUT2D eigenvalue weighted by molar-refractivity contribution is 7.22. The number of aromatic nitrogens is 10. The molecule has 2 aromatic carbocycles. The lowest BCUT2D eigenvalue weighted by Crippen LogP contribution is -2.02. The molecule has 11 rings (SSSR count). The van der Waals surface area contributed by atoms with Crippen molar-refractivity contribution >= 4 is 77.1 Å². The van der Waals surface area contributed by atoms with Crippen LogP contribution in [0.25, 0.3) is 110 Å². The third kappa shape index (κ3) is 4.86. The van der Waals surface area contributed by atoms with Crippen molar-refractivity contribution in [2.24, 2.45) is 0 Å². The van der Waals surface area contributed by atoms with Crippen LogP contribution >= 0.6 is 22.7 Å². The van der Waals surface area contributed by atoms with Crippen molar-refractivity contribution in [3.63, 3.8) is 0 Å². The van der Waals surface area contributed by atoms with E-state index in [1.165, 1.54) is 22.7 Å². The number of hydrogen-bond acceptors (Lipinski definition) is 13. The number of rotatable bonds is 5. The minimum absolute atomic E-state index is 0.367. The second-order valence-electron chi connectivity index (χ2n) is 12.1. The Bertz CT molecular complexity index is 3180. The van der Waals surface area contributed by atoms with Crippen LogP contribution in [-0.2, 0) is 0 Å². The molecule has 0 unspecified atom stereocenters. The van der Waals surface area contributed by atoms with Crippen molar-refractivity contribution < 1.29 is 4.42 Å². The van der Waals surface area contributed by atoms with Crippen LogP contribution in [0, 0.1) is 0 Å². The fourth-order valence-corrected chi connectivity index (χ4v) is 8.41. The van der Waals surface area contributed by atoms with E-state index in [1.54, 1.807) is 31.0 Å². The molecule has 0 amide bonds. The van der Waals surface area contributed by atoms with Crippen LogP contribution in [0.5, 0.6) is 0 Å². The van der Waals surface area contributed by atoms with Gasteiger partial charge in [0.05, 0.1) is 49.9 Å². The first-order chi connectivity index (χ1) is 26.2. The number of fused-ring (bicyclic) bond motifs is 5. The lowest BCUT2D eigenvalue weighted by molar-refractivity contribution is 0.607. The number of nitrogens with zero attached hydrogens (tertiary/aromatic N) is 10. The average Bonchev–Trinajstić information content (AvgIpc) is 4.00. The van der Waals surface area contributed by atoms with E-state index in [9.17, 15) is 0 Å². The summed E-state index contributed by atoms with van der Waals surface area (Å²) in [5.74, 6) is 0.846. The molecule has 0 fully saturated rings. The molecule has 9 heterocycles. The molecule has 0 spiro atoms. The maximum absolute atomic E-state index is 6.19. The highest BCUT2D eigenvalue weighted by Gasteiger charge is 2.31. The minimum atomic E-state index is 0.367. The molecular weight excluding hydrogens is 701 g/mol. The van der Waals surface area contributed by atoms with Gasteiger partial charge in [-0.3, -0.25) is 9.97 Å². The molecule has 0 aliphatic carbocycles. The third-order valence-electron chi connectivity index (χ3n) is 8.98. The van der Waals surface area contributed by atoms with Crippen LogP contribution in [0.4, 0.5) is 0 Å². The van der Waals surface area contributed by atoms with Crippen LogP contribution in [0.2, 0.25) is 0 Å². The Labute approximate surface area is 306 Å². The Morgan fingerprint density at radius 1 is 0.472 bits per heavy atom. The van der Waals surface area contributed by atoms with E-state index in [2.05, 4.69) is 27.1 Å².